The maximum absolute atomic E-state index is 12.9. The zero-order chi connectivity index (χ0) is 25.2. The van der Waals surface area contributed by atoms with Crippen LogP contribution in [0.25, 0.3) is 0 Å². The number of rotatable bonds is 4. The van der Waals surface area contributed by atoms with Crippen molar-refractivity contribution in [3.8, 4) is 0 Å². The Morgan fingerprint density at radius 3 is 2.42 bits per heavy atom. The summed E-state index contributed by atoms with van der Waals surface area (Å²) >= 11 is 0. The highest BCUT2D eigenvalue weighted by molar-refractivity contribution is 8.26. The number of likely N-dealkylation sites (N-methyl/N-ethyl adjacent to an activating group) is 1. The predicted molar refractivity (Wildman–Crippen MR) is 143 cm³/mol. The first-order valence-electron chi connectivity index (χ1n) is 12.7. The van der Waals surface area contributed by atoms with Gasteiger partial charge in [0.2, 0.25) is 5.91 Å². The number of hydrogen-bond donors (Lipinski definition) is 3. The summed E-state index contributed by atoms with van der Waals surface area (Å²) in [6, 6.07) is 11.2. The van der Waals surface area contributed by atoms with Crippen LogP contribution < -0.4 is 15.1 Å². The monoisotopic (exact) mass is 511 g/mol. The van der Waals surface area contributed by atoms with Gasteiger partial charge < -0.3 is 20.0 Å². The summed E-state index contributed by atoms with van der Waals surface area (Å²) in [5.74, 6) is 1.98. The lowest BCUT2D eigenvalue weighted by Gasteiger charge is -2.67. The molecule has 3 N–H and O–H groups in total. The molecule has 0 bridgehead atoms. The van der Waals surface area contributed by atoms with Gasteiger partial charge in [0.25, 0.3) is 5.91 Å². The van der Waals surface area contributed by atoms with E-state index in [-0.39, 0.29) is 17.9 Å². The van der Waals surface area contributed by atoms with Gasteiger partial charge in [-0.1, -0.05) is 12.8 Å². The number of likely N-dealkylation sites (tertiary alicyclic amines) is 1. The van der Waals surface area contributed by atoms with Crippen LogP contribution in [-0.4, -0.2) is 73.5 Å². The first-order chi connectivity index (χ1) is 17.2. The van der Waals surface area contributed by atoms with Crippen LogP contribution in [0.5, 0.6) is 0 Å². The molecule has 4 aliphatic rings. The van der Waals surface area contributed by atoms with Crippen LogP contribution in [-0.2, 0) is 4.79 Å². The SMILES string of the molecule is C[C@@H]1C(=O)N(C)c2ccc(Nc3ccc(C(=O)N4CC5(CCS5(O)O)C4)cc3)nc2N1C1CCCC1. The van der Waals surface area contributed by atoms with E-state index in [2.05, 4.69) is 10.2 Å². The molecule has 9 nitrogen and oxygen atoms in total. The van der Waals surface area contributed by atoms with E-state index < -0.39 is 15.3 Å². The average Bonchev–Trinajstić information content (AvgIpc) is 3.36. The van der Waals surface area contributed by atoms with Crippen molar-refractivity contribution >= 4 is 45.4 Å². The van der Waals surface area contributed by atoms with Crippen molar-refractivity contribution in [2.24, 2.45) is 0 Å². The molecule has 36 heavy (non-hydrogen) atoms. The van der Waals surface area contributed by atoms with E-state index in [4.69, 9.17) is 4.98 Å². The molecular formula is C26H33N5O4S. The Bertz CT molecular complexity index is 1210. The number of aromatic nitrogens is 1. The number of amides is 2. The predicted octanol–water partition coefficient (Wildman–Crippen LogP) is 4.29. The molecule has 1 atom stereocenters. The second-order valence-electron chi connectivity index (χ2n) is 10.6. The molecule has 1 aromatic carbocycles. The van der Waals surface area contributed by atoms with E-state index in [9.17, 15) is 18.7 Å². The summed E-state index contributed by atoms with van der Waals surface area (Å²) in [7, 11) is -0.730. The third-order valence-corrected chi connectivity index (χ3v) is 11.1. The molecule has 0 radical (unpaired) electrons. The summed E-state index contributed by atoms with van der Waals surface area (Å²) < 4.78 is 19.7. The van der Waals surface area contributed by atoms with Gasteiger partial charge in [0.1, 0.15) is 11.9 Å². The Hall–Kier alpha value is -2.82. The number of carbonyl (C=O) groups is 2. The minimum Gasteiger partial charge on any atom is -0.340 e. The fraction of sp³-hybridized carbons (Fsp3) is 0.500. The van der Waals surface area contributed by atoms with Crippen LogP contribution in [0.3, 0.4) is 0 Å². The molecule has 1 spiro atoms. The number of carbonyl (C=O) groups excluding carboxylic acids is 2. The molecule has 2 saturated heterocycles. The van der Waals surface area contributed by atoms with E-state index in [1.807, 2.05) is 38.2 Å². The molecule has 6 rings (SSSR count). The van der Waals surface area contributed by atoms with Crippen molar-refractivity contribution in [2.45, 2.75) is 55.9 Å². The van der Waals surface area contributed by atoms with Crippen molar-refractivity contribution in [2.75, 3.05) is 41.0 Å². The third-order valence-electron chi connectivity index (χ3n) is 8.47. The molecule has 1 aliphatic carbocycles. The molecule has 4 heterocycles. The second kappa shape index (κ2) is 8.36. The third kappa shape index (κ3) is 3.57. The first-order valence-corrected chi connectivity index (χ1v) is 14.4. The van der Waals surface area contributed by atoms with Gasteiger partial charge in [-0.25, -0.2) is 4.98 Å². The molecular weight excluding hydrogens is 478 g/mol. The van der Waals surface area contributed by atoms with Crippen molar-refractivity contribution in [1.29, 1.82) is 0 Å². The Balaban J connectivity index is 1.17. The highest BCUT2D eigenvalue weighted by Gasteiger charge is 2.60. The van der Waals surface area contributed by atoms with Crippen molar-refractivity contribution in [3.63, 3.8) is 0 Å². The van der Waals surface area contributed by atoms with Gasteiger partial charge in [-0.3, -0.25) is 18.7 Å². The van der Waals surface area contributed by atoms with Crippen molar-refractivity contribution in [1.82, 2.24) is 9.88 Å². The summed E-state index contributed by atoms with van der Waals surface area (Å²) in [5, 5.41) is 3.34. The fourth-order valence-corrected chi connectivity index (χ4v) is 7.96. The Labute approximate surface area is 212 Å². The maximum atomic E-state index is 12.9. The van der Waals surface area contributed by atoms with Gasteiger partial charge in [0.15, 0.2) is 5.82 Å². The molecule has 3 fully saturated rings. The van der Waals surface area contributed by atoms with Gasteiger partial charge in [-0.15, -0.1) is 0 Å². The Morgan fingerprint density at radius 2 is 1.81 bits per heavy atom. The molecule has 192 valence electrons. The average molecular weight is 512 g/mol. The van der Waals surface area contributed by atoms with E-state index in [0.29, 0.717) is 36.3 Å². The number of pyridine rings is 1. The van der Waals surface area contributed by atoms with Gasteiger partial charge in [-0.05, 0) is 62.6 Å². The number of hydrogen-bond acceptors (Lipinski definition) is 7. The number of nitrogens with zero attached hydrogens (tertiary/aromatic N) is 4. The van der Waals surface area contributed by atoms with Crippen LogP contribution >= 0.6 is 10.6 Å². The lowest BCUT2D eigenvalue weighted by atomic mass is 9.93. The molecule has 1 aromatic heterocycles. The van der Waals surface area contributed by atoms with Crippen LogP contribution in [0, 0.1) is 0 Å². The smallest absolute Gasteiger partial charge is 0.254 e. The van der Waals surface area contributed by atoms with E-state index in [1.165, 1.54) is 12.8 Å². The van der Waals surface area contributed by atoms with Crippen molar-refractivity contribution in [3.05, 3.63) is 42.0 Å². The molecule has 1 saturated carbocycles. The van der Waals surface area contributed by atoms with E-state index >= 15 is 0 Å². The zero-order valence-electron chi connectivity index (χ0n) is 20.7. The minimum atomic E-state index is -2.54. The van der Waals surface area contributed by atoms with Gasteiger partial charge >= 0.3 is 0 Å². The van der Waals surface area contributed by atoms with Crippen LogP contribution in [0.15, 0.2) is 36.4 Å². The van der Waals surface area contributed by atoms with Gasteiger partial charge in [0, 0.05) is 43.2 Å². The first kappa shape index (κ1) is 23.6. The zero-order valence-corrected chi connectivity index (χ0v) is 21.5. The van der Waals surface area contributed by atoms with Gasteiger partial charge in [0.05, 0.1) is 10.4 Å². The maximum Gasteiger partial charge on any atom is 0.254 e. The molecule has 10 heteroatoms. The molecule has 3 aliphatic heterocycles. The number of fused-ring (bicyclic) bond motifs is 1. The summed E-state index contributed by atoms with van der Waals surface area (Å²) in [4.78, 5) is 36.2. The van der Waals surface area contributed by atoms with Crippen LogP contribution in [0.4, 0.5) is 23.0 Å². The second-order valence-corrected chi connectivity index (χ2v) is 13.2. The minimum absolute atomic E-state index is 0.0879. The number of benzene rings is 1. The lowest BCUT2D eigenvalue weighted by Crippen LogP contribution is -2.70. The summed E-state index contributed by atoms with van der Waals surface area (Å²) in [5.41, 5.74) is 2.21. The Morgan fingerprint density at radius 1 is 1.11 bits per heavy atom. The largest absolute Gasteiger partial charge is 0.340 e. The normalized spacial score (nSPS) is 25.3. The van der Waals surface area contributed by atoms with Crippen LogP contribution in [0.2, 0.25) is 0 Å². The highest BCUT2D eigenvalue weighted by atomic mass is 32.3. The number of anilines is 4. The van der Waals surface area contributed by atoms with Crippen molar-refractivity contribution < 1.29 is 18.7 Å². The van der Waals surface area contributed by atoms with E-state index in [0.717, 1.165) is 36.5 Å². The quantitative estimate of drug-likeness (QED) is 0.562. The van der Waals surface area contributed by atoms with Crippen LogP contribution in [0.1, 0.15) is 49.4 Å². The standard InChI is InChI=1S/C26H33N5O4S/c1-17-24(32)29(2)21-11-12-22(28-23(21)31(17)20-5-3-4-6-20)27-19-9-7-18(8-10-19)25(33)30-15-26(16-30)13-14-36(26,34)35/h7-12,17,20,34-35H,3-6,13-16H2,1-2H3,(H,27,28)/t17-/m1/s1. The summed E-state index contributed by atoms with van der Waals surface area (Å²) in [6.07, 6.45) is 5.28. The lowest BCUT2D eigenvalue weighted by molar-refractivity contribution is -0.119. The Kier molecular flexibility index (Phi) is 5.47. The number of nitrogens with one attached hydrogen (secondary N) is 1. The van der Waals surface area contributed by atoms with E-state index in [1.54, 1.807) is 21.9 Å². The fourth-order valence-electron chi connectivity index (χ4n) is 6.09. The molecule has 2 aromatic rings. The molecule has 2 amide bonds. The van der Waals surface area contributed by atoms with Gasteiger partial charge in [-0.2, -0.15) is 10.6 Å². The highest BCUT2D eigenvalue weighted by Crippen LogP contribution is 2.67. The molecule has 0 unspecified atom stereocenters. The topological polar surface area (TPSA) is 109 Å². The summed E-state index contributed by atoms with van der Waals surface area (Å²) in [6.45, 7) is 2.80.